The Kier molecular flexibility index (Phi) is 6.45. The van der Waals surface area contributed by atoms with Crippen LogP contribution in [0.1, 0.15) is 33.3 Å². The number of carbonyl (C=O) groups is 1. The van der Waals surface area contributed by atoms with Gasteiger partial charge in [0, 0.05) is 37.4 Å². The van der Waals surface area contributed by atoms with E-state index in [9.17, 15) is 9.90 Å². The summed E-state index contributed by atoms with van der Waals surface area (Å²) in [6.45, 7) is 10.2. The van der Waals surface area contributed by atoms with Crippen LogP contribution in [0.4, 0.5) is 16.2 Å². The van der Waals surface area contributed by atoms with E-state index in [0.717, 1.165) is 16.9 Å². The van der Waals surface area contributed by atoms with Crippen molar-refractivity contribution in [2.24, 2.45) is 11.3 Å². The van der Waals surface area contributed by atoms with Gasteiger partial charge in [-0.05, 0) is 36.6 Å². The molecule has 0 radical (unpaired) electrons. The lowest BCUT2D eigenvalue weighted by atomic mass is 9.81. The summed E-state index contributed by atoms with van der Waals surface area (Å²) in [4.78, 5) is 14.1. The van der Waals surface area contributed by atoms with Crippen LogP contribution in [-0.4, -0.2) is 37.9 Å². The zero-order valence-electron chi connectivity index (χ0n) is 15.4. The van der Waals surface area contributed by atoms with Crippen LogP contribution >= 0.6 is 0 Å². The Morgan fingerprint density at radius 1 is 1.30 bits per heavy atom. The number of urea groups is 1. The fourth-order valence-corrected chi connectivity index (χ4v) is 2.55. The molecule has 3 N–H and O–H groups in total. The van der Waals surface area contributed by atoms with Gasteiger partial charge in [-0.1, -0.05) is 27.7 Å². The molecule has 0 aliphatic carbocycles. The smallest absolute Gasteiger partial charge is 0.319 e. The van der Waals surface area contributed by atoms with Crippen LogP contribution in [0.3, 0.4) is 0 Å². The SMILES string of the molecule is Cc1cc(N(C)C)ccc1NC(=O)NCC(C)(C)C(O)C(C)C. The quantitative estimate of drug-likeness (QED) is 0.754. The number of hydrogen-bond acceptors (Lipinski definition) is 3. The minimum absolute atomic E-state index is 0.149. The molecular weight excluding hydrogens is 290 g/mol. The van der Waals surface area contributed by atoms with Gasteiger partial charge in [0.1, 0.15) is 0 Å². The van der Waals surface area contributed by atoms with Gasteiger partial charge in [0.2, 0.25) is 0 Å². The zero-order valence-corrected chi connectivity index (χ0v) is 15.4. The number of hydrogen-bond donors (Lipinski definition) is 3. The van der Waals surface area contributed by atoms with Gasteiger partial charge in [0.25, 0.3) is 0 Å². The standard InChI is InChI=1S/C18H31N3O2/c1-12(2)16(22)18(4,5)11-19-17(23)20-15-9-8-14(21(6)7)10-13(15)3/h8-10,12,16,22H,11H2,1-7H3,(H2,19,20,23). The number of anilines is 2. The second-order valence-corrected chi connectivity index (χ2v) is 7.38. The molecule has 1 rings (SSSR count). The molecular formula is C18H31N3O2. The number of aryl methyl sites for hydroxylation is 1. The molecule has 130 valence electrons. The Morgan fingerprint density at radius 3 is 2.39 bits per heavy atom. The fraction of sp³-hybridized carbons (Fsp3) is 0.611. The molecule has 0 spiro atoms. The minimum atomic E-state index is -0.469. The van der Waals surface area contributed by atoms with E-state index in [1.807, 2.05) is 71.8 Å². The van der Waals surface area contributed by atoms with Crippen LogP contribution in [0, 0.1) is 18.3 Å². The van der Waals surface area contributed by atoms with E-state index in [0.29, 0.717) is 6.54 Å². The van der Waals surface area contributed by atoms with Crippen molar-refractivity contribution >= 4 is 17.4 Å². The van der Waals surface area contributed by atoms with Crippen molar-refractivity contribution in [1.29, 1.82) is 0 Å². The van der Waals surface area contributed by atoms with Gasteiger partial charge in [-0.15, -0.1) is 0 Å². The van der Waals surface area contributed by atoms with Gasteiger partial charge in [-0.2, -0.15) is 0 Å². The third-order valence-corrected chi connectivity index (χ3v) is 4.11. The van der Waals surface area contributed by atoms with Crippen molar-refractivity contribution in [3.63, 3.8) is 0 Å². The normalized spacial score (nSPS) is 12.9. The van der Waals surface area contributed by atoms with Gasteiger partial charge in [0.05, 0.1) is 6.10 Å². The highest BCUT2D eigenvalue weighted by atomic mass is 16.3. The summed E-state index contributed by atoms with van der Waals surface area (Å²) < 4.78 is 0. The molecule has 0 saturated heterocycles. The van der Waals surface area contributed by atoms with Crippen LogP contribution < -0.4 is 15.5 Å². The van der Waals surface area contributed by atoms with Crippen LogP contribution in [0.25, 0.3) is 0 Å². The number of aliphatic hydroxyl groups is 1. The Hall–Kier alpha value is -1.75. The Labute approximate surface area is 140 Å². The average Bonchev–Trinajstić information content (AvgIpc) is 2.46. The molecule has 23 heavy (non-hydrogen) atoms. The first kappa shape index (κ1) is 19.3. The lowest BCUT2D eigenvalue weighted by Gasteiger charge is -2.33. The van der Waals surface area contributed by atoms with Crippen LogP contribution in [-0.2, 0) is 0 Å². The molecule has 0 heterocycles. The lowest BCUT2D eigenvalue weighted by Crippen LogP contribution is -2.44. The number of aliphatic hydroxyl groups excluding tert-OH is 1. The van der Waals surface area contributed by atoms with Gasteiger partial charge >= 0.3 is 6.03 Å². The van der Waals surface area contributed by atoms with Crippen molar-refractivity contribution in [2.45, 2.75) is 40.7 Å². The highest BCUT2D eigenvalue weighted by Gasteiger charge is 2.30. The van der Waals surface area contributed by atoms with Crippen molar-refractivity contribution in [2.75, 3.05) is 30.9 Å². The lowest BCUT2D eigenvalue weighted by molar-refractivity contribution is 0.0154. The molecule has 0 saturated carbocycles. The number of benzene rings is 1. The molecule has 0 aliphatic rings. The summed E-state index contributed by atoms with van der Waals surface area (Å²) in [7, 11) is 3.97. The van der Waals surface area contributed by atoms with E-state index in [1.54, 1.807) is 0 Å². The maximum atomic E-state index is 12.1. The molecule has 1 atom stereocenters. The summed E-state index contributed by atoms with van der Waals surface area (Å²) in [5.41, 5.74) is 2.51. The molecule has 1 unspecified atom stereocenters. The van der Waals surface area contributed by atoms with Crippen LogP contribution in [0.5, 0.6) is 0 Å². The summed E-state index contributed by atoms with van der Waals surface area (Å²) in [6.07, 6.45) is -0.469. The predicted molar refractivity (Wildman–Crippen MR) is 97.2 cm³/mol. The fourth-order valence-electron chi connectivity index (χ4n) is 2.55. The Morgan fingerprint density at radius 2 is 1.91 bits per heavy atom. The Balaban J connectivity index is 2.64. The molecule has 0 fully saturated rings. The number of nitrogens with one attached hydrogen (secondary N) is 2. The van der Waals surface area contributed by atoms with Crippen molar-refractivity contribution in [1.82, 2.24) is 5.32 Å². The number of amides is 2. The highest BCUT2D eigenvalue weighted by molar-refractivity contribution is 5.90. The molecule has 1 aromatic carbocycles. The van der Waals surface area contributed by atoms with E-state index < -0.39 is 6.10 Å². The number of rotatable bonds is 6. The summed E-state index contributed by atoms with van der Waals surface area (Å²) >= 11 is 0. The maximum absolute atomic E-state index is 12.1. The van der Waals surface area contributed by atoms with Gasteiger partial charge < -0.3 is 20.6 Å². The topological polar surface area (TPSA) is 64.6 Å². The molecule has 5 nitrogen and oxygen atoms in total. The molecule has 1 aromatic rings. The third-order valence-electron chi connectivity index (χ3n) is 4.11. The molecule has 0 bridgehead atoms. The first-order valence-electron chi connectivity index (χ1n) is 8.05. The molecule has 0 aliphatic heterocycles. The predicted octanol–water partition coefficient (Wildman–Crippen LogP) is 3.23. The van der Waals surface area contributed by atoms with Crippen molar-refractivity contribution in [3.05, 3.63) is 23.8 Å². The summed E-state index contributed by atoms with van der Waals surface area (Å²) in [5, 5.41) is 15.9. The third kappa shape index (κ3) is 5.43. The van der Waals surface area contributed by atoms with Gasteiger partial charge in [-0.3, -0.25) is 0 Å². The number of carbonyl (C=O) groups excluding carboxylic acids is 1. The molecule has 5 heteroatoms. The minimum Gasteiger partial charge on any atom is -0.392 e. The Bertz CT molecular complexity index is 539. The van der Waals surface area contributed by atoms with Crippen LogP contribution in [0.15, 0.2) is 18.2 Å². The van der Waals surface area contributed by atoms with Crippen molar-refractivity contribution in [3.8, 4) is 0 Å². The molecule has 2 amide bonds. The first-order valence-corrected chi connectivity index (χ1v) is 8.05. The summed E-state index contributed by atoms with van der Waals surface area (Å²) in [6, 6.07) is 5.64. The largest absolute Gasteiger partial charge is 0.392 e. The van der Waals surface area contributed by atoms with Crippen molar-refractivity contribution < 1.29 is 9.90 Å². The first-order chi connectivity index (χ1) is 10.5. The zero-order chi connectivity index (χ0) is 17.8. The van der Waals surface area contributed by atoms with E-state index >= 15 is 0 Å². The van der Waals surface area contributed by atoms with Gasteiger partial charge in [0.15, 0.2) is 0 Å². The van der Waals surface area contributed by atoms with E-state index in [4.69, 9.17) is 0 Å². The average molecular weight is 321 g/mol. The second-order valence-electron chi connectivity index (χ2n) is 7.38. The summed E-state index contributed by atoms with van der Waals surface area (Å²) in [5.74, 6) is 0.149. The molecule has 0 aromatic heterocycles. The number of nitrogens with zero attached hydrogens (tertiary/aromatic N) is 1. The van der Waals surface area contributed by atoms with E-state index in [2.05, 4.69) is 10.6 Å². The van der Waals surface area contributed by atoms with Gasteiger partial charge in [-0.25, -0.2) is 4.79 Å². The van der Waals surface area contributed by atoms with Crippen LogP contribution in [0.2, 0.25) is 0 Å². The van der Waals surface area contributed by atoms with E-state index in [1.165, 1.54) is 0 Å². The maximum Gasteiger partial charge on any atom is 0.319 e. The monoisotopic (exact) mass is 321 g/mol. The van der Waals surface area contributed by atoms with E-state index in [-0.39, 0.29) is 17.4 Å². The highest BCUT2D eigenvalue weighted by Crippen LogP contribution is 2.25. The second kappa shape index (κ2) is 7.68.